The summed E-state index contributed by atoms with van der Waals surface area (Å²) in [6.45, 7) is 12.8. The molecule has 0 unspecified atom stereocenters. The largest absolute Gasteiger partial charge is 0.484 e. The minimum absolute atomic E-state index is 0.0192. The summed E-state index contributed by atoms with van der Waals surface area (Å²) < 4.78 is 45.3. The van der Waals surface area contributed by atoms with Crippen molar-refractivity contribution in [1.82, 2.24) is 19.8 Å². The van der Waals surface area contributed by atoms with Crippen LogP contribution in [-0.4, -0.2) is 96.4 Å². The van der Waals surface area contributed by atoms with Crippen LogP contribution in [0, 0.1) is 8.99 Å². The minimum atomic E-state index is -2.62. The zero-order valence-electron chi connectivity index (χ0n) is 24.6. The van der Waals surface area contributed by atoms with Gasteiger partial charge in [-0.1, -0.05) is 6.92 Å². The molecule has 9 nitrogen and oxygen atoms in total. The summed E-state index contributed by atoms with van der Waals surface area (Å²) in [6, 6.07) is 2.20. The number of nitrogens with zero attached hydrogens (tertiary/aromatic N) is 5. The molecule has 1 spiro atoms. The Bertz CT molecular complexity index is 1290. The SMILES string of the molecule is CCN1CCC(Oc2nc(N3CCC4(CC3)CN(C(=O)OC(C)(C)C)C4)c3cc(I)c(Br)c(OCC(F)F)c3n2)CC1. The Morgan fingerprint density at radius 3 is 2.43 bits per heavy atom. The van der Waals surface area contributed by atoms with Gasteiger partial charge < -0.3 is 28.9 Å². The van der Waals surface area contributed by atoms with Crippen LogP contribution in [0.1, 0.15) is 53.4 Å². The van der Waals surface area contributed by atoms with Crippen LogP contribution in [0.2, 0.25) is 0 Å². The third-order valence-electron chi connectivity index (χ3n) is 8.24. The molecule has 4 heterocycles. The molecule has 3 fully saturated rings. The Labute approximate surface area is 267 Å². The van der Waals surface area contributed by atoms with Crippen molar-refractivity contribution in [2.45, 2.75) is 71.5 Å². The number of halogens is 4. The predicted octanol–water partition coefficient (Wildman–Crippen LogP) is 6.34. The van der Waals surface area contributed by atoms with E-state index < -0.39 is 18.6 Å². The number of carbonyl (C=O) groups is 1. The highest BCUT2D eigenvalue weighted by Crippen LogP contribution is 2.45. The Balaban J connectivity index is 1.40. The van der Waals surface area contributed by atoms with E-state index in [-0.39, 0.29) is 29.4 Å². The molecule has 13 heteroatoms. The second-order valence-corrected chi connectivity index (χ2v) is 14.5. The highest BCUT2D eigenvalue weighted by atomic mass is 127. The van der Waals surface area contributed by atoms with Crippen LogP contribution in [0.25, 0.3) is 10.9 Å². The number of rotatable bonds is 7. The number of likely N-dealkylation sites (tertiary alicyclic amines) is 2. The van der Waals surface area contributed by atoms with Crippen LogP contribution in [0.5, 0.6) is 11.8 Å². The first kappa shape index (κ1) is 31.7. The molecule has 5 rings (SSSR count). The van der Waals surface area contributed by atoms with Gasteiger partial charge in [0.05, 0.1) is 4.47 Å². The number of ether oxygens (including phenoxy) is 3. The van der Waals surface area contributed by atoms with Crippen molar-refractivity contribution < 1.29 is 27.8 Å². The zero-order chi connectivity index (χ0) is 30.2. The fourth-order valence-electron chi connectivity index (χ4n) is 5.94. The Morgan fingerprint density at radius 2 is 1.83 bits per heavy atom. The standard InChI is InChI=1S/C29H39BrF2IN5O4/c1-5-36-10-6-18(7-11-36)41-26-34-23-19(14-20(33)22(30)24(23)40-15-21(31)32)25(35-26)37-12-8-29(9-13-37)16-38(17-29)27(39)42-28(2,3)4/h14,18,21H,5-13,15-17H2,1-4H3. The van der Waals surface area contributed by atoms with Crippen molar-refractivity contribution in [2.24, 2.45) is 5.41 Å². The quantitative estimate of drug-likeness (QED) is 0.303. The molecule has 42 heavy (non-hydrogen) atoms. The fraction of sp³-hybridized carbons (Fsp3) is 0.690. The first-order valence-corrected chi connectivity index (χ1v) is 16.5. The van der Waals surface area contributed by atoms with Crippen LogP contribution in [0.3, 0.4) is 0 Å². The zero-order valence-corrected chi connectivity index (χ0v) is 28.3. The number of benzene rings is 1. The van der Waals surface area contributed by atoms with Crippen LogP contribution >= 0.6 is 38.5 Å². The molecule has 0 aliphatic carbocycles. The second-order valence-electron chi connectivity index (χ2n) is 12.5. The van der Waals surface area contributed by atoms with Gasteiger partial charge in [0.2, 0.25) is 0 Å². The van der Waals surface area contributed by atoms with Crippen molar-refractivity contribution in [1.29, 1.82) is 0 Å². The summed E-state index contributed by atoms with van der Waals surface area (Å²) in [5.74, 6) is 0.985. The lowest BCUT2D eigenvalue weighted by molar-refractivity contribution is -0.0434. The van der Waals surface area contributed by atoms with Gasteiger partial charge >= 0.3 is 12.1 Å². The Hall–Kier alpha value is -1.74. The minimum Gasteiger partial charge on any atom is -0.484 e. The van der Waals surface area contributed by atoms with Crippen LogP contribution in [0.15, 0.2) is 10.5 Å². The molecular formula is C29H39BrF2IN5O4. The van der Waals surface area contributed by atoms with E-state index in [1.807, 2.05) is 26.8 Å². The van der Waals surface area contributed by atoms with Crippen LogP contribution in [-0.2, 0) is 4.74 Å². The van der Waals surface area contributed by atoms with Crippen molar-refractivity contribution in [2.75, 3.05) is 57.3 Å². The van der Waals surface area contributed by atoms with Gasteiger partial charge in [-0.25, -0.2) is 13.6 Å². The van der Waals surface area contributed by atoms with E-state index in [1.54, 1.807) is 4.90 Å². The molecular weight excluding hydrogens is 727 g/mol. The summed E-state index contributed by atoms with van der Waals surface area (Å²) >= 11 is 5.70. The lowest BCUT2D eigenvalue weighted by Crippen LogP contribution is -2.62. The highest BCUT2D eigenvalue weighted by molar-refractivity contribution is 14.1. The van der Waals surface area contributed by atoms with Gasteiger partial charge in [0, 0.05) is 53.6 Å². The number of hydrogen-bond donors (Lipinski definition) is 0. The van der Waals surface area contributed by atoms with Gasteiger partial charge in [0.25, 0.3) is 6.43 Å². The summed E-state index contributed by atoms with van der Waals surface area (Å²) in [4.78, 5) is 28.5. The van der Waals surface area contributed by atoms with Gasteiger partial charge in [-0.2, -0.15) is 9.97 Å². The Morgan fingerprint density at radius 1 is 1.17 bits per heavy atom. The molecule has 0 N–H and O–H groups in total. The number of anilines is 1. The maximum absolute atomic E-state index is 13.2. The number of alkyl halides is 2. The van der Waals surface area contributed by atoms with Crippen molar-refractivity contribution in [3.05, 3.63) is 14.1 Å². The highest BCUT2D eigenvalue weighted by Gasteiger charge is 2.48. The van der Waals surface area contributed by atoms with Crippen LogP contribution in [0.4, 0.5) is 19.4 Å². The third-order valence-corrected chi connectivity index (χ3v) is 10.6. The molecule has 0 bridgehead atoms. The monoisotopic (exact) mass is 765 g/mol. The number of fused-ring (bicyclic) bond motifs is 1. The summed E-state index contributed by atoms with van der Waals surface area (Å²) in [5.41, 5.74) is -0.00533. The maximum Gasteiger partial charge on any atom is 0.410 e. The summed E-state index contributed by atoms with van der Waals surface area (Å²) in [6.07, 6.45) is 0.630. The molecule has 2 aromatic rings. The molecule has 1 aromatic heterocycles. The topological polar surface area (TPSA) is 80.3 Å². The van der Waals surface area contributed by atoms with Gasteiger partial charge in [0.15, 0.2) is 5.75 Å². The van der Waals surface area contributed by atoms with Crippen molar-refractivity contribution in [3.8, 4) is 11.8 Å². The summed E-state index contributed by atoms with van der Waals surface area (Å²) in [7, 11) is 0. The number of hydrogen-bond acceptors (Lipinski definition) is 8. The van der Waals surface area contributed by atoms with Gasteiger partial charge in [-0.15, -0.1) is 0 Å². The second kappa shape index (κ2) is 12.7. The van der Waals surface area contributed by atoms with Gasteiger partial charge in [-0.3, -0.25) is 0 Å². The molecule has 3 aliphatic heterocycles. The molecule has 0 saturated carbocycles. The molecule has 1 aromatic carbocycles. The third kappa shape index (κ3) is 7.14. The van der Waals surface area contributed by atoms with E-state index in [0.29, 0.717) is 28.9 Å². The normalized spacial score (nSPS) is 19.8. The molecule has 0 atom stereocenters. The van der Waals surface area contributed by atoms with Crippen LogP contribution < -0.4 is 14.4 Å². The van der Waals surface area contributed by atoms with E-state index in [4.69, 9.17) is 24.2 Å². The van der Waals surface area contributed by atoms with E-state index in [1.165, 1.54) is 0 Å². The molecule has 0 radical (unpaired) electrons. The van der Waals surface area contributed by atoms with Gasteiger partial charge in [0.1, 0.15) is 29.6 Å². The number of amides is 1. The number of aromatic nitrogens is 2. The molecule has 1 amide bonds. The Kier molecular flexibility index (Phi) is 9.58. The summed E-state index contributed by atoms with van der Waals surface area (Å²) in [5, 5.41) is 0.736. The average Bonchev–Trinajstić information content (AvgIpc) is 2.91. The smallest absolute Gasteiger partial charge is 0.410 e. The van der Waals surface area contributed by atoms with E-state index in [2.05, 4.69) is 55.2 Å². The molecule has 232 valence electrons. The first-order valence-electron chi connectivity index (χ1n) is 14.6. The lowest BCUT2D eigenvalue weighted by Gasteiger charge is -2.53. The molecule has 3 saturated heterocycles. The van der Waals surface area contributed by atoms with E-state index in [9.17, 15) is 13.6 Å². The van der Waals surface area contributed by atoms with Crippen molar-refractivity contribution >= 4 is 61.3 Å². The number of carbonyl (C=O) groups excluding carboxylic acids is 1. The number of piperidine rings is 2. The lowest BCUT2D eigenvalue weighted by atomic mass is 9.72. The average molecular weight is 766 g/mol. The van der Waals surface area contributed by atoms with Crippen molar-refractivity contribution in [3.63, 3.8) is 0 Å². The first-order chi connectivity index (χ1) is 19.9. The maximum atomic E-state index is 13.2. The predicted molar refractivity (Wildman–Crippen MR) is 169 cm³/mol. The molecule has 3 aliphatic rings. The van der Waals surface area contributed by atoms with E-state index in [0.717, 1.165) is 67.4 Å². The van der Waals surface area contributed by atoms with E-state index >= 15 is 0 Å². The van der Waals surface area contributed by atoms with Gasteiger partial charge in [-0.05, 0) is 97.6 Å². The fourth-order valence-corrected chi connectivity index (χ4v) is 6.91.